The van der Waals surface area contributed by atoms with Gasteiger partial charge in [0.25, 0.3) is 5.19 Å². The normalized spacial score (nSPS) is 11.4. The van der Waals surface area contributed by atoms with Gasteiger partial charge >= 0.3 is 0 Å². The van der Waals surface area contributed by atoms with Gasteiger partial charge in [0.15, 0.2) is 0 Å². The first-order chi connectivity index (χ1) is 9.11. The monoisotopic (exact) mass is 273 g/mol. The quantitative estimate of drug-likeness (QED) is 0.732. The van der Waals surface area contributed by atoms with Crippen molar-refractivity contribution in [2.24, 2.45) is 0 Å². The van der Waals surface area contributed by atoms with Crippen LogP contribution in [0.25, 0.3) is 16.2 Å². The van der Waals surface area contributed by atoms with Gasteiger partial charge in [0.2, 0.25) is 4.96 Å². The Balaban J connectivity index is 1.94. The summed E-state index contributed by atoms with van der Waals surface area (Å²) in [4.78, 5) is 5.43. The van der Waals surface area contributed by atoms with Crippen molar-refractivity contribution in [3.63, 3.8) is 0 Å². The molecule has 19 heavy (non-hydrogen) atoms. The fraction of sp³-hybridized carbons (Fsp3) is 0.286. The second-order valence-corrected chi connectivity index (χ2v) is 5.67. The molecule has 0 amide bonds. The van der Waals surface area contributed by atoms with Crippen LogP contribution in [0.5, 0.6) is 5.19 Å². The van der Waals surface area contributed by atoms with Crippen LogP contribution in [0.2, 0.25) is 0 Å². The lowest BCUT2D eigenvalue weighted by Gasteiger charge is -2.03. The molecule has 0 aliphatic carbocycles. The van der Waals surface area contributed by atoms with Crippen molar-refractivity contribution in [3.8, 4) is 16.5 Å². The molecule has 98 valence electrons. The number of aryl methyl sites for hydroxylation is 1. The first-order valence-electron chi connectivity index (χ1n) is 6.22. The fourth-order valence-electron chi connectivity index (χ4n) is 1.79. The molecule has 2 aromatic heterocycles. The summed E-state index contributed by atoms with van der Waals surface area (Å²) in [6.45, 7) is 6.05. The number of ether oxygens (including phenoxy) is 1. The fourth-order valence-corrected chi connectivity index (χ4v) is 2.65. The largest absolute Gasteiger partial charge is 0.466 e. The second kappa shape index (κ2) is 4.66. The molecule has 0 atom stereocenters. The molecule has 0 unspecified atom stereocenters. The van der Waals surface area contributed by atoms with Gasteiger partial charge in [-0.25, -0.2) is 9.50 Å². The van der Waals surface area contributed by atoms with Gasteiger partial charge in [-0.1, -0.05) is 29.8 Å². The Labute approximate surface area is 115 Å². The van der Waals surface area contributed by atoms with E-state index < -0.39 is 0 Å². The van der Waals surface area contributed by atoms with E-state index in [0.29, 0.717) is 5.19 Å². The molecule has 0 aliphatic rings. The molecule has 5 heteroatoms. The van der Waals surface area contributed by atoms with E-state index in [1.54, 1.807) is 4.52 Å². The number of nitrogens with zero attached hydrogens (tertiary/aromatic N) is 3. The van der Waals surface area contributed by atoms with Gasteiger partial charge in [-0.2, -0.15) is 0 Å². The van der Waals surface area contributed by atoms with Gasteiger partial charge < -0.3 is 4.74 Å². The van der Waals surface area contributed by atoms with E-state index >= 15 is 0 Å². The van der Waals surface area contributed by atoms with Crippen molar-refractivity contribution in [1.29, 1.82) is 0 Å². The maximum atomic E-state index is 5.57. The topological polar surface area (TPSA) is 39.4 Å². The maximum Gasteiger partial charge on any atom is 0.294 e. The van der Waals surface area contributed by atoms with E-state index in [4.69, 9.17) is 4.74 Å². The van der Waals surface area contributed by atoms with Crippen LogP contribution in [0, 0.1) is 6.92 Å². The molecule has 0 bridgehead atoms. The molecule has 0 N–H and O–H groups in total. The van der Waals surface area contributed by atoms with E-state index in [1.807, 2.05) is 20.0 Å². The van der Waals surface area contributed by atoms with Crippen molar-refractivity contribution >= 4 is 16.3 Å². The number of rotatable bonds is 3. The summed E-state index contributed by atoms with van der Waals surface area (Å²) < 4.78 is 7.34. The first-order valence-corrected chi connectivity index (χ1v) is 7.03. The molecule has 0 saturated carbocycles. The lowest BCUT2D eigenvalue weighted by molar-refractivity contribution is 0.238. The summed E-state index contributed by atoms with van der Waals surface area (Å²) in [6, 6.07) is 8.33. The highest BCUT2D eigenvalue weighted by molar-refractivity contribution is 7.18. The van der Waals surface area contributed by atoms with Crippen LogP contribution in [0.15, 0.2) is 30.5 Å². The van der Waals surface area contributed by atoms with Crippen LogP contribution < -0.4 is 4.74 Å². The molecular weight excluding hydrogens is 258 g/mol. The Morgan fingerprint density at radius 1 is 1.21 bits per heavy atom. The molecule has 0 fully saturated rings. The molecule has 1 aromatic carbocycles. The Morgan fingerprint density at radius 3 is 2.58 bits per heavy atom. The zero-order valence-corrected chi connectivity index (χ0v) is 11.9. The third-order valence-electron chi connectivity index (χ3n) is 2.71. The maximum absolute atomic E-state index is 5.57. The minimum Gasteiger partial charge on any atom is -0.466 e. The summed E-state index contributed by atoms with van der Waals surface area (Å²) >= 11 is 1.46. The van der Waals surface area contributed by atoms with E-state index in [1.165, 1.54) is 16.9 Å². The van der Waals surface area contributed by atoms with E-state index in [-0.39, 0.29) is 6.10 Å². The van der Waals surface area contributed by atoms with Crippen molar-refractivity contribution in [2.45, 2.75) is 26.9 Å². The van der Waals surface area contributed by atoms with Gasteiger partial charge in [0.1, 0.15) is 0 Å². The molecule has 4 nitrogen and oxygen atoms in total. The standard InChI is InChI=1S/C14H15N3OS/c1-9(2)18-14-16-17-8-12(15-13(17)19-14)11-6-4-10(3)5-7-11/h4-9H,1-3H3. The molecule has 3 rings (SSSR count). The first kappa shape index (κ1) is 12.2. The van der Waals surface area contributed by atoms with Crippen molar-refractivity contribution in [3.05, 3.63) is 36.0 Å². The predicted molar refractivity (Wildman–Crippen MR) is 76.8 cm³/mol. The van der Waals surface area contributed by atoms with Crippen LogP contribution in [-0.4, -0.2) is 20.7 Å². The predicted octanol–water partition coefficient (Wildman–Crippen LogP) is 3.55. The molecule has 3 aromatic rings. The number of imidazole rings is 1. The third-order valence-corrected chi connectivity index (χ3v) is 3.52. The smallest absolute Gasteiger partial charge is 0.294 e. The number of hydrogen-bond acceptors (Lipinski definition) is 4. The Hall–Kier alpha value is -1.88. The van der Waals surface area contributed by atoms with Gasteiger partial charge in [-0.15, -0.1) is 5.10 Å². The van der Waals surface area contributed by atoms with Gasteiger partial charge in [-0.05, 0) is 32.1 Å². The van der Waals surface area contributed by atoms with E-state index in [2.05, 4.69) is 41.3 Å². The van der Waals surface area contributed by atoms with Crippen LogP contribution in [0.4, 0.5) is 0 Å². The zero-order chi connectivity index (χ0) is 13.4. The molecular formula is C14H15N3OS. The van der Waals surface area contributed by atoms with Crippen molar-refractivity contribution < 1.29 is 4.74 Å². The van der Waals surface area contributed by atoms with Crippen LogP contribution in [0.3, 0.4) is 0 Å². The Morgan fingerprint density at radius 2 is 1.95 bits per heavy atom. The molecule has 0 saturated heterocycles. The van der Waals surface area contributed by atoms with Crippen LogP contribution >= 0.6 is 11.3 Å². The summed E-state index contributed by atoms with van der Waals surface area (Å²) in [5.41, 5.74) is 3.29. The van der Waals surface area contributed by atoms with Gasteiger partial charge in [0, 0.05) is 5.56 Å². The lowest BCUT2D eigenvalue weighted by Crippen LogP contribution is -2.05. The summed E-state index contributed by atoms with van der Waals surface area (Å²) in [7, 11) is 0. The minimum absolute atomic E-state index is 0.132. The molecule has 0 aliphatic heterocycles. The van der Waals surface area contributed by atoms with E-state index in [9.17, 15) is 0 Å². The number of hydrogen-bond donors (Lipinski definition) is 0. The highest BCUT2D eigenvalue weighted by atomic mass is 32.1. The molecule has 0 radical (unpaired) electrons. The third kappa shape index (κ3) is 2.46. The number of fused-ring (bicyclic) bond motifs is 1. The zero-order valence-electron chi connectivity index (χ0n) is 11.1. The van der Waals surface area contributed by atoms with Crippen LogP contribution in [0.1, 0.15) is 19.4 Å². The average molecular weight is 273 g/mol. The highest BCUT2D eigenvalue weighted by Crippen LogP contribution is 2.26. The summed E-state index contributed by atoms with van der Waals surface area (Å²) in [5.74, 6) is 0. The average Bonchev–Trinajstić information content (AvgIpc) is 2.86. The molecule has 2 heterocycles. The SMILES string of the molecule is Cc1ccc(-c2cn3nc(OC(C)C)sc3n2)cc1. The van der Waals surface area contributed by atoms with Crippen LogP contribution in [-0.2, 0) is 0 Å². The van der Waals surface area contributed by atoms with Crippen molar-refractivity contribution in [2.75, 3.05) is 0 Å². The van der Waals surface area contributed by atoms with Crippen molar-refractivity contribution in [1.82, 2.24) is 14.6 Å². The Kier molecular flexibility index (Phi) is 2.98. The summed E-state index contributed by atoms with van der Waals surface area (Å²) in [5, 5.41) is 5.03. The number of benzene rings is 1. The minimum atomic E-state index is 0.132. The van der Waals surface area contributed by atoms with Gasteiger partial charge in [0.05, 0.1) is 18.0 Å². The molecule has 0 spiro atoms. The van der Waals surface area contributed by atoms with E-state index in [0.717, 1.165) is 16.2 Å². The second-order valence-electron chi connectivity index (χ2n) is 4.75. The lowest BCUT2D eigenvalue weighted by atomic mass is 10.1. The van der Waals surface area contributed by atoms with Gasteiger partial charge in [-0.3, -0.25) is 0 Å². The number of aromatic nitrogens is 3. The highest BCUT2D eigenvalue weighted by Gasteiger charge is 2.11. The Bertz CT molecular complexity index is 666. The summed E-state index contributed by atoms with van der Waals surface area (Å²) in [6.07, 6.45) is 2.07.